The normalized spacial score (nSPS) is 15.1. The Labute approximate surface area is 227 Å². The zero-order valence-corrected chi connectivity index (χ0v) is 23.1. The quantitative estimate of drug-likeness (QED) is 0.378. The van der Waals surface area contributed by atoms with Crippen molar-refractivity contribution in [2.24, 2.45) is 0 Å². The number of piperidine rings is 1. The molecule has 1 saturated heterocycles. The standard InChI is InChI=1S/C25H32F3N3O6S2/c1-38(33,34)31(21-8-5-7-20(19-21)25(26,27)28)17-6-9-24(32)29-14-18-37-22-10-12-23(13-11-22)39(35,36)30-15-3-2-4-16-30/h5,7-8,10-13,19H,2-4,6,9,14-18H2,1H3,(H,29,32). The summed E-state index contributed by atoms with van der Waals surface area (Å²) in [7, 11) is -7.41. The van der Waals surface area contributed by atoms with Crippen molar-refractivity contribution < 1.29 is 39.5 Å². The molecule has 216 valence electrons. The van der Waals surface area contributed by atoms with Crippen molar-refractivity contribution in [1.29, 1.82) is 0 Å². The molecule has 0 aromatic heterocycles. The van der Waals surface area contributed by atoms with Crippen molar-refractivity contribution in [2.75, 3.05) is 43.3 Å². The molecular weight excluding hydrogens is 559 g/mol. The van der Waals surface area contributed by atoms with E-state index in [2.05, 4.69) is 5.32 Å². The Morgan fingerprint density at radius 2 is 1.69 bits per heavy atom. The molecule has 1 heterocycles. The lowest BCUT2D eigenvalue weighted by Crippen LogP contribution is -2.35. The molecule has 9 nitrogen and oxygen atoms in total. The third kappa shape index (κ3) is 8.83. The van der Waals surface area contributed by atoms with Crippen LogP contribution in [0.15, 0.2) is 53.4 Å². The summed E-state index contributed by atoms with van der Waals surface area (Å²) in [5.74, 6) is 0.0609. The molecule has 1 fully saturated rings. The molecule has 2 aromatic rings. The van der Waals surface area contributed by atoms with Crippen LogP contribution < -0.4 is 14.4 Å². The number of carbonyl (C=O) groups is 1. The molecule has 3 rings (SSSR count). The molecule has 1 aliphatic rings. The number of alkyl halides is 3. The zero-order valence-electron chi connectivity index (χ0n) is 21.5. The Balaban J connectivity index is 1.43. The highest BCUT2D eigenvalue weighted by Crippen LogP contribution is 2.32. The smallest absolute Gasteiger partial charge is 0.416 e. The van der Waals surface area contributed by atoms with Gasteiger partial charge in [-0.05, 0) is 61.7 Å². The Hall–Kier alpha value is -2.84. The van der Waals surface area contributed by atoms with Crippen molar-refractivity contribution in [2.45, 2.75) is 43.2 Å². The van der Waals surface area contributed by atoms with Crippen molar-refractivity contribution >= 4 is 31.6 Å². The molecule has 1 amide bonds. The number of rotatable bonds is 12. The molecule has 14 heteroatoms. The summed E-state index contributed by atoms with van der Waals surface area (Å²) < 4.78 is 96.7. The van der Waals surface area contributed by atoms with Gasteiger partial charge in [0, 0.05) is 26.1 Å². The summed E-state index contributed by atoms with van der Waals surface area (Å²) in [5, 5.41) is 2.63. The monoisotopic (exact) mass is 591 g/mol. The predicted molar refractivity (Wildman–Crippen MR) is 140 cm³/mol. The lowest BCUT2D eigenvalue weighted by Gasteiger charge is -2.25. The molecule has 0 saturated carbocycles. The molecule has 0 radical (unpaired) electrons. The highest BCUT2D eigenvalue weighted by atomic mass is 32.2. The van der Waals surface area contributed by atoms with E-state index in [1.807, 2.05) is 0 Å². The number of ether oxygens (including phenoxy) is 1. The van der Waals surface area contributed by atoms with Gasteiger partial charge < -0.3 is 10.1 Å². The molecule has 1 N–H and O–H groups in total. The fourth-order valence-corrected chi connectivity index (χ4v) is 6.59. The lowest BCUT2D eigenvalue weighted by atomic mass is 10.2. The summed E-state index contributed by atoms with van der Waals surface area (Å²) in [6.45, 7) is 1.12. The Bertz CT molecular complexity index is 1330. The van der Waals surface area contributed by atoms with E-state index in [-0.39, 0.29) is 49.0 Å². The van der Waals surface area contributed by atoms with Crippen LogP contribution in [0.3, 0.4) is 0 Å². The number of benzene rings is 2. The minimum absolute atomic E-state index is 0.0476. The van der Waals surface area contributed by atoms with Gasteiger partial charge in [0.05, 0.1) is 28.9 Å². The van der Waals surface area contributed by atoms with Crippen molar-refractivity contribution in [1.82, 2.24) is 9.62 Å². The van der Waals surface area contributed by atoms with Gasteiger partial charge in [-0.15, -0.1) is 0 Å². The molecule has 0 bridgehead atoms. The van der Waals surface area contributed by atoms with Gasteiger partial charge in [0.15, 0.2) is 0 Å². The minimum atomic E-state index is -4.62. The topological polar surface area (TPSA) is 113 Å². The summed E-state index contributed by atoms with van der Waals surface area (Å²) in [4.78, 5) is 12.4. The van der Waals surface area contributed by atoms with Gasteiger partial charge >= 0.3 is 6.18 Å². The lowest BCUT2D eigenvalue weighted by molar-refractivity contribution is -0.137. The van der Waals surface area contributed by atoms with Crippen LogP contribution in [0.2, 0.25) is 0 Å². The summed E-state index contributed by atoms with van der Waals surface area (Å²) >= 11 is 0. The third-order valence-corrected chi connectivity index (χ3v) is 9.20. The molecule has 1 aliphatic heterocycles. The predicted octanol–water partition coefficient (Wildman–Crippen LogP) is 3.62. The molecule has 0 unspecified atom stereocenters. The van der Waals surface area contributed by atoms with E-state index >= 15 is 0 Å². The number of nitrogens with one attached hydrogen (secondary N) is 1. The summed E-state index contributed by atoms with van der Waals surface area (Å²) in [6.07, 6.45) is -0.977. The molecule has 2 aromatic carbocycles. The maximum atomic E-state index is 13.0. The van der Waals surface area contributed by atoms with Gasteiger partial charge in [-0.25, -0.2) is 16.8 Å². The molecule has 0 spiro atoms. The fourth-order valence-electron chi connectivity index (χ4n) is 4.12. The van der Waals surface area contributed by atoms with Crippen molar-refractivity contribution in [3.8, 4) is 5.75 Å². The van der Waals surface area contributed by atoms with E-state index in [0.717, 1.165) is 48.0 Å². The maximum Gasteiger partial charge on any atom is 0.416 e. The molecule has 0 aliphatic carbocycles. The molecular formula is C25H32F3N3O6S2. The average molecular weight is 592 g/mol. The number of nitrogens with zero attached hydrogens (tertiary/aromatic N) is 2. The number of anilines is 1. The zero-order chi connectivity index (χ0) is 28.7. The van der Waals surface area contributed by atoms with Gasteiger partial charge in [0.25, 0.3) is 0 Å². The van der Waals surface area contributed by atoms with Crippen molar-refractivity contribution in [3.05, 3.63) is 54.1 Å². The second-order valence-corrected chi connectivity index (χ2v) is 13.0. The highest BCUT2D eigenvalue weighted by molar-refractivity contribution is 7.92. The summed E-state index contributed by atoms with van der Waals surface area (Å²) in [6, 6.07) is 10.1. The van der Waals surface area contributed by atoms with Crippen LogP contribution in [0.1, 0.15) is 37.7 Å². The number of amides is 1. The molecule has 0 atom stereocenters. The SMILES string of the molecule is CS(=O)(=O)N(CCCC(=O)NCCOc1ccc(S(=O)(=O)N2CCCCC2)cc1)c1cccc(C(F)(F)F)c1. The second kappa shape index (κ2) is 13.0. The van der Waals surface area contributed by atoms with E-state index < -0.39 is 31.8 Å². The minimum Gasteiger partial charge on any atom is -0.492 e. The summed E-state index contributed by atoms with van der Waals surface area (Å²) in [5.41, 5.74) is -1.10. The van der Waals surface area contributed by atoms with Crippen LogP contribution in [0, 0.1) is 0 Å². The first-order chi connectivity index (χ1) is 18.3. The third-order valence-electron chi connectivity index (χ3n) is 6.10. The van der Waals surface area contributed by atoms with Crippen molar-refractivity contribution in [3.63, 3.8) is 0 Å². The van der Waals surface area contributed by atoms with Gasteiger partial charge in [-0.1, -0.05) is 12.5 Å². The van der Waals surface area contributed by atoms with E-state index in [9.17, 15) is 34.8 Å². The van der Waals surface area contributed by atoms with Gasteiger partial charge in [0.2, 0.25) is 26.0 Å². The molecule has 39 heavy (non-hydrogen) atoms. The first-order valence-electron chi connectivity index (χ1n) is 12.4. The average Bonchev–Trinajstić information content (AvgIpc) is 2.89. The van der Waals surface area contributed by atoms with E-state index in [1.165, 1.54) is 22.5 Å². The number of sulfonamides is 2. The first-order valence-corrected chi connectivity index (χ1v) is 15.7. The van der Waals surface area contributed by atoms with E-state index in [0.29, 0.717) is 18.8 Å². The Morgan fingerprint density at radius 3 is 2.31 bits per heavy atom. The number of carbonyl (C=O) groups excluding carboxylic acids is 1. The van der Waals surface area contributed by atoms with Crippen LogP contribution in [0.4, 0.5) is 18.9 Å². The van der Waals surface area contributed by atoms with Crippen LogP contribution in [0.25, 0.3) is 0 Å². The van der Waals surface area contributed by atoms with Gasteiger partial charge in [0.1, 0.15) is 12.4 Å². The first kappa shape index (κ1) is 30.7. The van der Waals surface area contributed by atoms with Crippen LogP contribution >= 0.6 is 0 Å². The Kier molecular flexibility index (Phi) is 10.2. The largest absolute Gasteiger partial charge is 0.492 e. The number of hydrogen-bond donors (Lipinski definition) is 1. The Morgan fingerprint density at radius 1 is 1.03 bits per heavy atom. The van der Waals surface area contributed by atoms with Crippen LogP contribution in [-0.2, 0) is 31.0 Å². The van der Waals surface area contributed by atoms with Crippen LogP contribution in [0.5, 0.6) is 5.75 Å². The fraction of sp³-hybridized carbons (Fsp3) is 0.480. The highest BCUT2D eigenvalue weighted by Gasteiger charge is 2.31. The van der Waals surface area contributed by atoms with E-state index in [1.54, 1.807) is 12.1 Å². The maximum absolute atomic E-state index is 13.0. The van der Waals surface area contributed by atoms with Gasteiger partial charge in [-0.2, -0.15) is 17.5 Å². The van der Waals surface area contributed by atoms with Gasteiger partial charge in [-0.3, -0.25) is 9.10 Å². The second-order valence-electron chi connectivity index (χ2n) is 9.12. The number of halogens is 3. The van der Waals surface area contributed by atoms with Crippen LogP contribution in [-0.4, -0.2) is 66.1 Å². The van der Waals surface area contributed by atoms with E-state index in [4.69, 9.17) is 4.74 Å². The number of hydrogen-bond acceptors (Lipinski definition) is 6.